The monoisotopic (exact) mass is 376 g/mol. The van der Waals surface area contributed by atoms with Crippen molar-refractivity contribution >= 4 is 40.3 Å². The summed E-state index contributed by atoms with van der Waals surface area (Å²) in [5, 5.41) is 14.4. The van der Waals surface area contributed by atoms with Gasteiger partial charge in [0.05, 0.1) is 11.3 Å². The number of benzene rings is 1. The summed E-state index contributed by atoms with van der Waals surface area (Å²) in [5.74, 6) is -1.07. The number of halogens is 1. The first kappa shape index (κ1) is 15.7. The van der Waals surface area contributed by atoms with Crippen LogP contribution in [0.15, 0.2) is 18.2 Å². The van der Waals surface area contributed by atoms with E-state index in [0.29, 0.717) is 12.2 Å². The van der Waals surface area contributed by atoms with Gasteiger partial charge in [-0.05, 0) is 46.2 Å². The summed E-state index contributed by atoms with van der Waals surface area (Å²) in [5.41, 5.74) is 0.344. The summed E-state index contributed by atoms with van der Waals surface area (Å²) in [7, 11) is 0. The predicted octanol–water partition coefficient (Wildman–Crippen LogP) is 3.16. The van der Waals surface area contributed by atoms with Crippen molar-refractivity contribution < 1.29 is 14.7 Å². The second kappa shape index (κ2) is 6.23. The first-order valence-electron chi connectivity index (χ1n) is 5.77. The molecule has 104 valence electrons. The molecule has 0 bridgehead atoms. The van der Waals surface area contributed by atoms with Gasteiger partial charge in [-0.15, -0.1) is 0 Å². The maximum Gasteiger partial charge on any atom is 0.337 e. The molecular formula is C13H17IN2O3. The van der Waals surface area contributed by atoms with Crippen LogP contribution in [-0.2, 0) is 0 Å². The molecule has 0 heterocycles. The fraction of sp³-hybridized carbons (Fsp3) is 0.385. The lowest BCUT2D eigenvalue weighted by Crippen LogP contribution is -2.35. The Kier molecular flexibility index (Phi) is 5.16. The van der Waals surface area contributed by atoms with Gasteiger partial charge < -0.3 is 15.7 Å². The number of urea groups is 1. The minimum atomic E-state index is -1.07. The van der Waals surface area contributed by atoms with Crippen molar-refractivity contribution in [1.82, 2.24) is 5.32 Å². The Morgan fingerprint density at radius 1 is 1.32 bits per heavy atom. The third kappa shape index (κ3) is 5.46. The molecule has 5 nitrogen and oxygen atoms in total. The van der Waals surface area contributed by atoms with Gasteiger partial charge in [-0.3, -0.25) is 0 Å². The number of rotatable bonds is 3. The number of hydrogen-bond acceptors (Lipinski definition) is 2. The van der Waals surface area contributed by atoms with Crippen molar-refractivity contribution in [2.75, 3.05) is 11.9 Å². The van der Waals surface area contributed by atoms with E-state index < -0.39 is 12.0 Å². The summed E-state index contributed by atoms with van der Waals surface area (Å²) < 4.78 is 0.802. The summed E-state index contributed by atoms with van der Waals surface area (Å²) in [6.45, 7) is 6.51. The fourth-order valence-corrected chi connectivity index (χ4v) is 1.81. The average Bonchev–Trinajstić information content (AvgIpc) is 2.28. The molecular weight excluding hydrogens is 359 g/mol. The topological polar surface area (TPSA) is 78.4 Å². The number of carbonyl (C=O) groups excluding carboxylic acids is 1. The number of nitrogens with one attached hydrogen (secondary N) is 2. The Balaban J connectivity index is 2.77. The van der Waals surface area contributed by atoms with Crippen LogP contribution in [0.2, 0.25) is 0 Å². The van der Waals surface area contributed by atoms with Gasteiger partial charge in [0.2, 0.25) is 0 Å². The Bertz CT molecular complexity index is 495. The van der Waals surface area contributed by atoms with Gasteiger partial charge in [-0.1, -0.05) is 20.8 Å². The normalized spacial score (nSPS) is 10.9. The first-order chi connectivity index (χ1) is 8.69. The third-order valence-electron chi connectivity index (χ3n) is 2.24. The third-order valence-corrected chi connectivity index (χ3v) is 2.91. The van der Waals surface area contributed by atoms with Crippen LogP contribution in [0.25, 0.3) is 0 Å². The van der Waals surface area contributed by atoms with Crippen molar-refractivity contribution in [3.8, 4) is 0 Å². The number of carboxylic acids is 1. The number of aromatic carboxylic acids is 1. The highest BCUT2D eigenvalue weighted by Crippen LogP contribution is 2.19. The zero-order valence-electron chi connectivity index (χ0n) is 11.1. The molecule has 0 aromatic heterocycles. The van der Waals surface area contributed by atoms with Crippen LogP contribution in [0, 0.1) is 8.99 Å². The van der Waals surface area contributed by atoms with Gasteiger partial charge in [0, 0.05) is 10.1 Å². The quantitative estimate of drug-likeness (QED) is 0.710. The molecule has 1 aromatic carbocycles. The Labute approximate surface area is 125 Å². The van der Waals surface area contributed by atoms with Gasteiger partial charge >= 0.3 is 12.0 Å². The molecule has 0 spiro atoms. The number of carboxylic acid groups (broad SMARTS) is 1. The standard InChI is InChI=1S/C13H17IN2O3/c1-13(2,3)7-15-12(19)16-10-5-4-8(14)6-9(10)11(17)18/h4-6H,7H2,1-3H3,(H,17,18)(H2,15,16,19). The smallest absolute Gasteiger partial charge is 0.337 e. The predicted molar refractivity (Wildman–Crippen MR) is 82.6 cm³/mol. The van der Waals surface area contributed by atoms with Gasteiger partial charge in [0.1, 0.15) is 0 Å². The van der Waals surface area contributed by atoms with Crippen molar-refractivity contribution in [3.63, 3.8) is 0 Å². The van der Waals surface area contributed by atoms with Crippen LogP contribution in [0.5, 0.6) is 0 Å². The minimum absolute atomic E-state index is 0.0287. The van der Waals surface area contributed by atoms with Crippen molar-refractivity contribution in [3.05, 3.63) is 27.3 Å². The molecule has 19 heavy (non-hydrogen) atoms. The van der Waals surface area contributed by atoms with E-state index in [1.54, 1.807) is 12.1 Å². The molecule has 0 aliphatic carbocycles. The van der Waals surface area contributed by atoms with Crippen LogP contribution < -0.4 is 10.6 Å². The second-order valence-corrected chi connectivity index (χ2v) is 6.61. The minimum Gasteiger partial charge on any atom is -0.478 e. The average molecular weight is 376 g/mol. The molecule has 0 fully saturated rings. The first-order valence-corrected chi connectivity index (χ1v) is 6.84. The fourth-order valence-electron chi connectivity index (χ4n) is 1.31. The lowest BCUT2D eigenvalue weighted by atomic mass is 9.97. The Morgan fingerprint density at radius 3 is 2.47 bits per heavy atom. The number of hydrogen-bond donors (Lipinski definition) is 3. The molecule has 0 unspecified atom stereocenters. The summed E-state index contributed by atoms with van der Waals surface area (Å²) in [4.78, 5) is 22.8. The SMILES string of the molecule is CC(C)(C)CNC(=O)Nc1ccc(I)cc1C(=O)O. The lowest BCUT2D eigenvalue weighted by Gasteiger charge is -2.19. The molecule has 1 aromatic rings. The van der Waals surface area contributed by atoms with Gasteiger partial charge in [-0.2, -0.15) is 0 Å². The molecule has 0 aliphatic heterocycles. The molecule has 0 radical (unpaired) electrons. The van der Waals surface area contributed by atoms with Crippen molar-refractivity contribution in [2.45, 2.75) is 20.8 Å². The van der Waals surface area contributed by atoms with Crippen LogP contribution in [0.4, 0.5) is 10.5 Å². The molecule has 2 amide bonds. The maximum atomic E-state index is 11.7. The van der Waals surface area contributed by atoms with Crippen LogP contribution >= 0.6 is 22.6 Å². The van der Waals surface area contributed by atoms with Crippen LogP contribution in [0.1, 0.15) is 31.1 Å². The zero-order valence-corrected chi connectivity index (χ0v) is 13.2. The number of amides is 2. The van der Waals surface area contributed by atoms with E-state index in [2.05, 4.69) is 10.6 Å². The second-order valence-electron chi connectivity index (χ2n) is 5.36. The van der Waals surface area contributed by atoms with Gasteiger partial charge in [0.15, 0.2) is 0 Å². The maximum absolute atomic E-state index is 11.7. The molecule has 0 aliphatic rings. The number of anilines is 1. The van der Waals surface area contributed by atoms with Crippen molar-refractivity contribution in [1.29, 1.82) is 0 Å². The van der Waals surface area contributed by atoms with Gasteiger partial charge in [-0.25, -0.2) is 9.59 Å². The van der Waals surface area contributed by atoms with Crippen LogP contribution in [-0.4, -0.2) is 23.7 Å². The van der Waals surface area contributed by atoms with E-state index in [0.717, 1.165) is 3.57 Å². The Morgan fingerprint density at radius 2 is 1.95 bits per heavy atom. The van der Waals surface area contributed by atoms with E-state index in [1.165, 1.54) is 6.07 Å². The molecule has 0 atom stereocenters. The molecule has 6 heteroatoms. The van der Waals surface area contributed by atoms with E-state index >= 15 is 0 Å². The van der Waals surface area contributed by atoms with Crippen LogP contribution in [0.3, 0.4) is 0 Å². The number of carbonyl (C=O) groups is 2. The van der Waals surface area contributed by atoms with E-state index in [9.17, 15) is 9.59 Å². The Hall–Kier alpha value is -1.31. The molecule has 1 rings (SSSR count). The lowest BCUT2D eigenvalue weighted by molar-refractivity contribution is 0.0698. The summed E-state index contributed by atoms with van der Waals surface area (Å²) in [6, 6.07) is 4.44. The van der Waals surface area contributed by atoms with E-state index in [4.69, 9.17) is 5.11 Å². The van der Waals surface area contributed by atoms with Gasteiger partial charge in [0.25, 0.3) is 0 Å². The summed E-state index contributed by atoms with van der Waals surface area (Å²) >= 11 is 2.02. The summed E-state index contributed by atoms with van der Waals surface area (Å²) in [6.07, 6.45) is 0. The van der Waals surface area contributed by atoms with Crippen molar-refractivity contribution in [2.24, 2.45) is 5.41 Å². The highest BCUT2D eigenvalue weighted by Gasteiger charge is 2.15. The highest BCUT2D eigenvalue weighted by molar-refractivity contribution is 14.1. The molecule has 0 saturated heterocycles. The van der Waals surface area contributed by atoms with E-state index in [-0.39, 0.29) is 11.0 Å². The van der Waals surface area contributed by atoms with E-state index in [1.807, 2.05) is 43.4 Å². The largest absolute Gasteiger partial charge is 0.478 e. The highest BCUT2D eigenvalue weighted by atomic mass is 127. The molecule has 3 N–H and O–H groups in total. The molecule has 0 saturated carbocycles. The zero-order chi connectivity index (χ0) is 14.6.